The van der Waals surface area contributed by atoms with E-state index in [0.717, 1.165) is 18.5 Å². The van der Waals surface area contributed by atoms with Crippen LogP contribution in [-0.4, -0.2) is 0 Å². The monoisotopic (exact) mass is 870 g/mol. The molecule has 2 heteroatoms. The second kappa shape index (κ2) is 14.3. The average molecular weight is 871 g/mol. The van der Waals surface area contributed by atoms with Gasteiger partial charge in [-0.1, -0.05) is 167 Å². The molecule has 0 unspecified atom stereocenters. The van der Waals surface area contributed by atoms with E-state index >= 15 is 0 Å². The second-order valence-corrected chi connectivity index (χ2v) is 20.4. The summed E-state index contributed by atoms with van der Waals surface area (Å²) < 4.78 is 0. The van der Waals surface area contributed by atoms with Gasteiger partial charge in [-0.05, 0) is 167 Å². The van der Waals surface area contributed by atoms with Crippen molar-refractivity contribution in [2.24, 2.45) is 0 Å². The van der Waals surface area contributed by atoms with E-state index in [1.54, 1.807) is 0 Å². The lowest BCUT2D eigenvalue weighted by Crippen LogP contribution is -2.29. The van der Waals surface area contributed by atoms with E-state index < -0.39 is 0 Å². The predicted molar refractivity (Wildman–Crippen MR) is 290 cm³/mol. The summed E-state index contributed by atoms with van der Waals surface area (Å²) in [4.78, 5) is 4.97. The Bertz CT molecular complexity index is 3950. The maximum atomic E-state index is 2.56. The summed E-state index contributed by atoms with van der Waals surface area (Å²) in [5, 5.41) is 13.4. The van der Waals surface area contributed by atoms with Gasteiger partial charge in [0.1, 0.15) is 0 Å². The predicted octanol–water partition coefficient (Wildman–Crippen LogP) is 18.2. The zero-order chi connectivity index (χ0) is 45.5. The Morgan fingerprint density at radius 1 is 0.353 bits per heavy atom. The molecule has 0 fully saturated rings. The molecule has 3 aliphatic carbocycles. The first-order valence-corrected chi connectivity index (χ1v) is 24.3. The molecule has 14 rings (SSSR count). The number of anilines is 5. The van der Waals surface area contributed by atoms with E-state index in [2.05, 4.69) is 244 Å². The van der Waals surface area contributed by atoms with Crippen molar-refractivity contribution < 1.29 is 0 Å². The number of benzene rings is 11. The molecular weight excluding hydrogens is 821 g/mol. The molecule has 0 saturated carbocycles. The summed E-state index contributed by atoms with van der Waals surface area (Å²) in [6.07, 6.45) is 4.49. The molecule has 3 aliphatic rings. The molecule has 0 atom stereocenters. The number of para-hydroxylation sites is 2. The summed E-state index contributed by atoms with van der Waals surface area (Å²) in [5.41, 5.74) is 18.0. The van der Waals surface area contributed by atoms with Crippen molar-refractivity contribution in [1.82, 2.24) is 0 Å². The smallest absolute Gasteiger partial charge is 0.0540 e. The van der Waals surface area contributed by atoms with E-state index in [1.807, 2.05) is 0 Å². The lowest BCUT2D eigenvalue weighted by molar-refractivity contribution is 0.633. The first-order valence-electron chi connectivity index (χ1n) is 24.3. The van der Waals surface area contributed by atoms with Crippen LogP contribution in [0, 0.1) is 0 Å². The minimum absolute atomic E-state index is 0.211. The molecule has 0 heterocycles. The summed E-state index contributed by atoms with van der Waals surface area (Å²) in [7, 11) is 0. The van der Waals surface area contributed by atoms with E-state index in [0.29, 0.717) is 0 Å². The maximum absolute atomic E-state index is 2.56. The third-order valence-corrected chi connectivity index (χ3v) is 16.0. The van der Waals surface area contributed by atoms with Crippen LogP contribution in [0.2, 0.25) is 0 Å². The normalized spacial score (nSPS) is 15.5. The fourth-order valence-corrected chi connectivity index (χ4v) is 12.8. The molecule has 11 aromatic rings. The first kappa shape index (κ1) is 39.2. The van der Waals surface area contributed by atoms with Gasteiger partial charge in [0.2, 0.25) is 0 Å². The van der Waals surface area contributed by atoms with Gasteiger partial charge in [0, 0.05) is 44.4 Å². The Labute approximate surface area is 398 Å². The Morgan fingerprint density at radius 2 is 0.882 bits per heavy atom. The first-order chi connectivity index (χ1) is 33.3. The largest absolute Gasteiger partial charge is 0.314 e. The quantitative estimate of drug-likeness (QED) is 0.154. The van der Waals surface area contributed by atoms with Crippen molar-refractivity contribution in [3.05, 3.63) is 240 Å². The SMILES string of the molecule is CC1(C)C2=C(CCC(N(c3ccccc3)c3cccc4ccccc34)=C2)c2cc3ccc4c5c(cc6ccc1c2c6c35)-c1ccc(N(c2ccccc2)c2cccc3ccccc23)cc1C4(C)C. The highest BCUT2D eigenvalue weighted by Crippen LogP contribution is 2.58. The standard InChI is InChI=1S/C66H50N2/c1-65(2)55-35-29-43-38-54-52-34-32-48(68(46-23-9-6-10-24-46)60-28-16-20-42-18-12-14-26-50(42)60)40-58(52)66(3,4)56-36-30-44-37-53(63(55)61(43)62(44)64(54)56)51-33-31-47(39-57(51)65)67(45-21-7-5-8-22-45)59-27-15-19-41-17-11-13-25-49(41)59/h5-31,33,35-40H,32,34H2,1-4H3. The van der Waals surface area contributed by atoms with Gasteiger partial charge >= 0.3 is 0 Å². The number of allylic oxidation sites excluding steroid dienone is 4. The van der Waals surface area contributed by atoms with Crippen LogP contribution >= 0.6 is 0 Å². The van der Waals surface area contributed by atoms with Gasteiger partial charge in [-0.3, -0.25) is 0 Å². The van der Waals surface area contributed by atoms with Crippen molar-refractivity contribution in [1.29, 1.82) is 0 Å². The molecule has 2 nitrogen and oxygen atoms in total. The topological polar surface area (TPSA) is 6.48 Å². The molecule has 0 N–H and O–H groups in total. The van der Waals surface area contributed by atoms with Gasteiger partial charge in [-0.25, -0.2) is 0 Å². The van der Waals surface area contributed by atoms with Crippen molar-refractivity contribution in [3.8, 4) is 11.1 Å². The van der Waals surface area contributed by atoms with E-state index in [9.17, 15) is 0 Å². The zero-order valence-electron chi connectivity index (χ0n) is 38.9. The fourth-order valence-electron chi connectivity index (χ4n) is 12.8. The highest BCUT2D eigenvalue weighted by molar-refractivity contribution is 6.30. The minimum atomic E-state index is -0.251. The van der Waals surface area contributed by atoms with Crippen LogP contribution in [-0.2, 0) is 10.8 Å². The third kappa shape index (κ3) is 5.46. The maximum Gasteiger partial charge on any atom is 0.0540 e. The summed E-state index contributed by atoms with van der Waals surface area (Å²) >= 11 is 0. The molecule has 0 amide bonds. The van der Waals surface area contributed by atoms with Crippen LogP contribution in [0.4, 0.5) is 28.4 Å². The van der Waals surface area contributed by atoms with Gasteiger partial charge in [-0.15, -0.1) is 0 Å². The van der Waals surface area contributed by atoms with Gasteiger partial charge in [0.25, 0.3) is 0 Å². The van der Waals surface area contributed by atoms with Gasteiger partial charge in [0.05, 0.1) is 11.4 Å². The lowest BCUT2D eigenvalue weighted by atomic mass is 9.63. The molecule has 11 aromatic carbocycles. The van der Waals surface area contributed by atoms with E-state index in [4.69, 9.17) is 0 Å². The van der Waals surface area contributed by atoms with Crippen LogP contribution in [0.3, 0.4) is 0 Å². The van der Waals surface area contributed by atoms with E-state index in [1.165, 1.54) is 127 Å². The second-order valence-electron chi connectivity index (χ2n) is 20.4. The van der Waals surface area contributed by atoms with Crippen LogP contribution in [0.1, 0.15) is 62.8 Å². The molecule has 0 radical (unpaired) electrons. The molecule has 0 spiro atoms. The Balaban J connectivity index is 0.956. The molecule has 68 heavy (non-hydrogen) atoms. The van der Waals surface area contributed by atoms with Crippen molar-refractivity contribution in [2.75, 3.05) is 9.80 Å². The lowest BCUT2D eigenvalue weighted by Gasteiger charge is -2.41. The summed E-state index contributed by atoms with van der Waals surface area (Å²) in [6.45, 7) is 9.82. The minimum Gasteiger partial charge on any atom is -0.314 e. The molecule has 0 bridgehead atoms. The number of nitrogens with zero attached hydrogens (tertiary/aromatic N) is 2. The molecule has 0 aliphatic heterocycles. The Kier molecular flexibility index (Phi) is 8.24. The summed E-state index contributed by atoms with van der Waals surface area (Å²) in [5.74, 6) is 0. The fraction of sp³-hybridized carbons (Fsp3) is 0.121. The molecule has 0 saturated heterocycles. The van der Waals surface area contributed by atoms with Gasteiger partial charge in [-0.2, -0.15) is 0 Å². The Morgan fingerprint density at radius 3 is 1.53 bits per heavy atom. The van der Waals surface area contributed by atoms with Crippen LogP contribution in [0.5, 0.6) is 0 Å². The van der Waals surface area contributed by atoms with Crippen LogP contribution in [0.25, 0.3) is 70.6 Å². The van der Waals surface area contributed by atoms with Crippen LogP contribution < -0.4 is 9.80 Å². The van der Waals surface area contributed by atoms with Crippen molar-refractivity contribution in [3.63, 3.8) is 0 Å². The van der Waals surface area contributed by atoms with Crippen molar-refractivity contribution in [2.45, 2.75) is 51.4 Å². The molecule has 324 valence electrons. The van der Waals surface area contributed by atoms with Gasteiger partial charge < -0.3 is 9.80 Å². The molecular formula is C66H50N2. The number of hydrogen-bond donors (Lipinski definition) is 0. The number of hydrogen-bond acceptors (Lipinski definition) is 2. The van der Waals surface area contributed by atoms with Crippen LogP contribution in [0.15, 0.2) is 218 Å². The van der Waals surface area contributed by atoms with Gasteiger partial charge in [0.15, 0.2) is 0 Å². The highest BCUT2D eigenvalue weighted by atomic mass is 15.2. The number of fused-ring (bicyclic) bond motifs is 5. The summed E-state index contributed by atoms with van der Waals surface area (Å²) in [6, 6.07) is 74.9. The number of rotatable bonds is 6. The Hall–Kier alpha value is -7.94. The molecule has 0 aromatic heterocycles. The highest BCUT2D eigenvalue weighted by Gasteiger charge is 2.40. The van der Waals surface area contributed by atoms with E-state index in [-0.39, 0.29) is 10.8 Å². The third-order valence-electron chi connectivity index (χ3n) is 16.0. The average Bonchev–Trinajstić information content (AvgIpc) is 3.38. The van der Waals surface area contributed by atoms with Crippen molar-refractivity contribution >= 4 is 87.9 Å². The zero-order valence-corrected chi connectivity index (χ0v) is 38.9.